The topological polar surface area (TPSA) is 67.3 Å². The van der Waals surface area contributed by atoms with E-state index in [-0.39, 0.29) is 29.4 Å². The molecule has 0 atom stereocenters. The van der Waals surface area contributed by atoms with Gasteiger partial charge in [-0.15, -0.1) is 0 Å². The van der Waals surface area contributed by atoms with Gasteiger partial charge < -0.3 is 5.11 Å². The molecule has 0 saturated carbocycles. The second-order valence-corrected chi connectivity index (χ2v) is 4.48. The molecule has 0 fully saturated rings. The number of hydrogen-bond donors (Lipinski definition) is 1. The van der Waals surface area contributed by atoms with Gasteiger partial charge >= 0.3 is 0 Å². The lowest BCUT2D eigenvalue weighted by molar-refractivity contribution is 0.0990. The van der Waals surface area contributed by atoms with Crippen LogP contribution in [0.3, 0.4) is 0 Å². The Morgan fingerprint density at radius 1 is 0.950 bits per heavy atom. The third-order valence-corrected chi connectivity index (χ3v) is 3.20. The molecule has 1 N–H and O–H groups in total. The predicted octanol–water partition coefficient (Wildman–Crippen LogP) is 2.18. The number of carbonyl (C=O) groups excluding carboxylic acids is 2. The highest BCUT2D eigenvalue weighted by Gasteiger charge is 2.23. The lowest BCUT2D eigenvalue weighted by atomic mass is 9.95. The van der Waals surface area contributed by atoms with Gasteiger partial charge in [0.05, 0.1) is 17.9 Å². The Bertz CT molecular complexity index is 733. The van der Waals surface area contributed by atoms with Gasteiger partial charge in [0.2, 0.25) is 5.78 Å². The first-order chi connectivity index (χ1) is 9.70. The Kier molecular flexibility index (Phi) is 3.00. The highest BCUT2D eigenvalue weighted by molar-refractivity contribution is 6.21. The zero-order valence-electron chi connectivity index (χ0n) is 10.5. The number of pyridine rings is 1. The van der Waals surface area contributed by atoms with Crippen molar-refractivity contribution in [3.63, 3.8) is 0 Å². The van der Waals surface area contributed by atoms with E-state index in [2.05, 4.69) is 4.98 Å². The van der Waals surface area contributed by atoms with Crippen molar-refractivity contribution >= 4 is 11.6 Å². The molecule has 0 saturated heterocycles. The Morgan fingerprint density at radius 3 is 2.35 bits per heavy atom. The number of allylic oxidation sites excluding steroid dienone is 2. The molecule has 1 aromatic carbocycles. The van der Waals surface area contributed by atoms with Crippen molar-refractivity contribution in [3.8, 4) is 11.3 Å². The lowest BCUT2D eigenvalue weighted by Gasteiger charge is -2.13. The summed E-state index contributed by atoms with van der Waals surface area (Å²) in [7, 11) is 0. The maximum atomic E-state index is 11.9. The van der Waals surface area contributed by atoms with Crippen LogP contribution in [0.15, 0.2) is 48.6 Å². The van der Waals surface area contributed by atoms with Crippen LogP contribution in [-0.2, 0) is 6.61 Å². The van der Waals surface area contributed by atoms with Gasteiger partial charge in [-0.3, -0.25) is 9.59 Å². The second kappa shape index (κ2) is 4.83. The number of rotatable bonds is 2. The van der Waals surface area contributed by atoms with Crippen LogP contribution in [0.4, 0.5) is 0 Å². The summed E-state index contributed by atoms with van der Waals surface area (Å²) in [6.07, 6.45) is 2.46. The Labute approximate surface area is 115 Å². The molecule has 1 aliphatic carbocycles. The van der Waals surface area contributed by atoms with Crippen LogP contribution in [0.2, 0.25) is 0 Å². The molecule has 3 rings (SSSR count). The molecule has 98 valence electrons. The summed E-state index contributed by atoms with van der Waals surface area (Å²) in [5.74, 6) is -0.553. The molecule has 20 heavy (non-hydrogen) atoms. The van der Waals surface area contributed by atoms with E-state index in [1.807, 2.05) is 30.3 Å². The van der Waals surface area contributed by atoms with E-state index in [0.717, 1.165) is 5.56 Å². The minimum atomic E-state index is -0.290. The zero-order chi connectivity index (χ0) is 14.1. The Balaban J connectivity index is 2.25. The molecule has 2 aromatic rings. The first kappa shape index (κ1) is 12.4. The number of nitrogens with zero attached hydrogens (tertiary/aromatic N) is 1. The average Bonchev–Trinajstić information content (AvgIpc) is 2.51. The molecule has 0 amide bonds. The van der Waals surface area contributed by atoms with Gasteiger partial charge in [-0.2, -0.15) is 0 Å². The Morgan fingerprint density at radius 2 is 1.65 bits per heavy atom. The normalized spacial score (nSPS) is 13.4. The van der Waals surface area contributed by atoms with Crippen LogP contribution >= 0.6 is 0 Å². The minimum Gasteiger partial charge on any atom is -0.392 e. The summed E-state index contributed by atoms with van der Waals surface area (Å²) in [5, 5.41) is 9.48. The van der Waals surface area contributed by atoms with Gasteiger partial charge in [-0.05, 0) is 18.2 Å². The molecule has 1 aromatic heterocycles. The van der Waals surface area contributed by atoms with Crippen LogP contribution in [0.1, 0.15) is 26.4 Å². The molecule has 0 radical (unpaired) electrons. The number of ketones is 2. The van der Waals surface area contributed by atoms with Crippen LogP contribution in [0.25, 0.3) is 11.3 Å². The fourth-order valence-electron chi connectivity index (χ4n) is 2.22. The quantitative estimate of drug-likeness (QED) is 0.903. The number of hydrogen-bond acceptors (Lipinski definition) is 4. The van der Waals surface area contributed by atoms with Crippen molar-refractivity contribution < 1.29 is 14.7 Å². The highest BCUT2D eigenvalue weighted by atomic mass is 16.3. The van der Waals surface area contributed by atoms with Crippen molar-refractivity contribution in [1.29, 1.82) is 0 Å². The number of aromatic nitrogens is 1. The monoisotopic (exact) mass is 265 g/mol. The van der Waals surface area contributed by atoms with Crippen LogP contribution in [-0.4, -0.2) is 21.7 Å². The van der Waals surface area contributed by atoms with Crippen molar-refractivity contribution in [2.75, 3.05) is 0 Å². The summed E-state index contributed by atoms with van der Waals surface area (Å²) in [6.45, 7) is -0.240. The van der Waals surface area contributed by atoms with Crippen LogP contribution in [0, 0.1) is 0 Å². The van der Waals surface area contributed by atoms with Gasteiger partial charge in [0.1, 0.15) is 5.69 Å². The van der Waals surface area contributed by atoms with Crippen LogP contribution in [0.5, 0.6) is 0 Å². The van der Waals surface area contributed by atoms with E-state index in [4.69, 9.17) is 0 Å². The fourth-order valence-corrected chi connectivity index (χ4v) is 2.22. The van der Waals surface area contributed by atoms with Crippen molar-refractivity contribution in [3.05, 3.63) is 65.4 Å². The van der Waals surface area contributed by atoms with Gasteiger partial charge in [0.25, 0.3) is 0 Å². The smallest absolute Gasteiger partial charge is 0.205 e. The summed E-state index contributed by atoms with van der Waals surface area (Å²) in [6, 6.07) is 10.8. The molecule has 0 aliphatic heterocycles. The standard InChI is InChI=1S/C16H11NO3/c18-9-11-8-12-13(19)6-7-14(20)16(12)17-15(11)10-4-2-1-3-5-10/h1-8,18H,9H2. The van der Waals surface area contributed by atoms with E-state index in [1.165, 1.54) is 12.2 Å². The highest BCUT2D eigenvalue weighted by Crippen LogP contribution is 2.26. The van der Waals surface area contributed by atoms with Gasteiger partial charge in [0, 0.05) is 11.1 Å². The number of aliphatic hydroxyl groups is 1. The molecule has 0 unspecified atom stereocenters. The lowest BCUT2D eigenvalue weighted by Crippen LogP contribution is -2.15. The van der Waals surface area contributed by atoms with Crippen molar-refractivity contribution in [2.45, 2.75) is 6.61 Å². The van der Waals surface area contributed by atoms with E-state index in [1.54, 1.807) is 6.07 Å². The molecule has 0 spiro atoms. The number of carbonyl (C=O) groups is 2. The summed E-state index contributed by atoms with van der Waals surface area (Å²) in [4.78, 5) is 27.9. The molecular weight excluding hydrogens is 254 g/mol. The van der Waals surface area contributed by atoms with Gasteiger partial charge in [-0.25, -0.2) is 4.98 Å². The van der Waals surface area contributed by atoms with E-state index in [9.17, 15) is 14.7 Å². The minimum absolute atomic E-state index is 0.147. The first-order valence-corrected chi connectivity index (χ1v) is 6.17. The van der Waals surface area contributed by atoms with Crippen molar-refractivity contribution in [1.82, 2.24) is 4.98 Å². The zero-order valence-corrected chi connectivity index (χ0v) is 10.5. The average molecular weight is 265 g/mol. The molecule has 0 bridgehead atoms. The van der Waals surface area contributed by atoms with Gasteiger partial charge in [0.15, 0.2) is 5.78 Å². The number of fused-ring (bicyclic) bond motifs is 1. The van der Waals surface area contributed by atoms with Gasteiger partial charge in [-0.1, -0.05) is 30.3 Å². The van der Waals surface area contributed by atoms with E-state index in [0.29, 0.717) is 11.3 Å². The molecule has 1 heterocycles. The molecule has 4 heteroatoms. The summed E-state index contributed by atoms with van der Waals surface area (Å²) < 4.78 is 0. The van der Waals surface area contributed by atoms with E-state index >= 15 is 0 Å². The van der Waals surface area contributed by atoms with Crippen molar-refractivity contribution in [2.24, 2.45) is 0 Å². The van der Waals surface area contributed by atoms with E-state index < -0.39 is 0 Å². The largest absolute Gasteiger partial charge is 0.392 e. The second-order valence-electron chi connectivity index (χ2n) is 4.48. The first-order valence-electron chi connectivity index (χ1n) is 6.17. The third-order valence-electron chi connectivity index (χ3n) is 3.20. The molecular formula is C16H11NO3. The number of benzene rings is 1. The fraction of sp³-hybridized carbons (Fsp3) is 0.0625. The molecule has 1 aliphatic rings. The predicted molar refractivity (Wildman–Crippen MR) is 73.4 cm³/mol. The maximum absolute atomic E-state index is 11.9. The Hall–Kier alpha value is -2.59. The maximum Gasteiger partial charge on any atom is 0.205 e. The molecule has 4 nitrogen and oxygen atoms in total. The summed E-state index contributed by atoms with van der Waals surface area (Å²) in [5.41, 5.74) is 2.26. The number of aliphatic hydroxyl groups excluding tert-OH is 1. The summed E-state index contributed by atoms with van der Waals surface area (Å²) >= 11 is 0. The van der Waals surface area contributed by atoms with Crippen LogP contribution < -0.4 is 0 Å². The SMILES string of the molecule is O=C1C=CC(=O)c2nc(-c3ccccc3)c(CO)cc21. The third kappa shape index (κ3) is 1.96.